The van der Waals surface area contributed by atoms with E-state index < -0.39 is 0 Å². The van der Waals surface area contributed by atoms with E-state index in [0.29, 0.717) is 11.8 Å². The van der Waals surface area contributed by atoms with E-state index in [1.54, 1.807) is 0 Å². The highest BCUT2D eigenvalue weighted by Gasteiger charge is 2.37. The summed E-state index contributed by atoms with van der Waals surface area (Å²) in [7, 11) is 0. The van der Waals surface area contributed by atoms with Gasteiger partial charge in [0, 0.05) is 6.42 Å². The second-order valence-corrected chi connectivity index (χ2v) is 7.27. The van der Waals surface area contributed by atoms with Gasteiger partial charge in [0.05, 0.1) is 0 Å². The summed E-state index contributed by atoms with van der Waals surface area (Å²) in [5.74, 6) is 2.10. The molecule has 1 aliphatic carbocycles. The number of allylic oxidation sites excluding steroid dienone is 1. The van der Waals surface area contributed by atoms with Crippen LogP contribution < -0.4 is 4.74 Å². The number of benzene rings is 1. The molecule has 116 valence electrons. The Bertz CT molecular complexity index is 525. The van der Waals surface area contributed by atoms with Crippen LogP contribution in [-0.4, -0.2) is 5.60 Å². The van der Waals surface area contributed by atoms with Crippen LogP contribution in [0, 0.1) is 12.8 Å². The Morgan fingerprint density at radius 2 is 1.81 bits per heavy atom. The molecule has 1 unspecified atom stereocenters. The highest BCUT2D eigenvalue weighted by atomic mass is 16.5. The van der Waals surface area contributed by atoms with Crippen molar-refractivity contribution < 1.29 is 4.74 Å². The van der Waals surface area contributed by atoms with Gasteiger partial charge in [-0.05, 0) is 55.7 Å². The Kier molecular flexibility index (Phi) is 4.81. The van der Waals surface area contributed by atoms with Crippen molar-refractivity contribution in [3.8, 4) is 5.75 Å². The fraction of sp³-hybridized carbons (Fsp3) is 0.600. The van der Waals surface area contributed by atoms with Gasteiger partial charge >= 0.3 is 0 Å². The van der Waals surface area contributed by atoms with E-state index in [0.717, 1.165) is 25.0 Å². The molecule has 2 rings (SSSR count). The average molecular weight is 286 g/mol. The summed E-state index contributed by atoms with van der Waals surface area (Å²) < 4.78 is 6.68. The first-order chi connectivity index (χ1) is 9.84. The first-order valence-electron chi connectivity index (χ1n) is 8.29. The lowest BCUT2D eigenvalue weighted by Gasteiger charge is -2.41. The molecule has 1 heteroatoms. The largest absolute Gasteiger partial charge is 0.486 e. The van der Waals surface area contributed by atoms with Crippen LogP contribution in [0.4, 0.5) is 0 Å². The van der Waals surface area contributed by atoms with E-state index in [1.165, 1.54) is 16.7 Å². The van der Waals surface area contributed by atoms with Crippen molar-refractivity contribution in [3.63, 3.8) is 0 Å². The maximum absolute atomic E-state index is 6.68. The van der Waals surface area contributed by atoms with E-state index in [2.05, 4.69) is 65.8 Å². The Morgan fingerprint density at radius 3 is 2.33 bits per heavy atom. The van der Waals surface area contributed by atoms with Gasteiger partial charge in [-0.3, -0.25) is 0 Å². The van der Waals surface area contributed by atoms with Crippen molar-refractivity contribution >= 4 is 0 Å². The summed E-state index contributed by atoms with van der Waals surface area (Å²) >= 11 is 0. The molecule has 0 bridgehead atoms. The van der Waals surface area contributed by atoms with Gasteiger partial charge in [0.1, 0.15) is 11.4 Å². The molecule has 0 aliphatic heterocycles. The molecule has 1 aromatic carbocycles. The van der Waals surface area contributed by atoms with Gasteiger partial charge in [-0.25, -0.2) is 0 Å². The van der Waals surface area contributed by atoms with Crippen LogP contribution in [0.2, 0.25) is 0 Å². The maximum atomic E-state index is 6.68. The normalized spacial score (nSPS) is 22.6. The zero-order chi connectivity index (χ0) is 15.6. The summed E-state index contributed by atoms with van der Waals surface area (Å²) in [6, 6.07) is 6.63. The molecule has 0 fully saturated rings. The van der Waals surface area contributed by atoms with Gasteiger partial charge in [0.25, 0.3) is 0 Å². The van der Waals surface area contributed by atoms with Crippen LogP contribution in [0.15, 0.2) is 29.8 Å². The van der Waals surface area contributed by atoms with Crippen LogP contribution in [0.1, 0.15) is 70.9 Å². The lowest BCUT2D eigenvalue weighted by Crippen LogP contribution is -2.43. The van der Waals surface area contributed by atoms with Crippen molar-refractivity contribution in [2.24, 2.45) is 5.92 Å². The molecule has 0 aromatic heterocycles. The third-order valence-electron chi connectivity index (χ3n) is 4.90. The minimum Gasteiger partial charge on any atom is -0.486 e. The van der Waals surface area contributed by atoms with Gasteiger partial charge in [-0.2, -0.15) is 0 Å². The lowest BCUT2D eigenvalue weighted by molar-refractivity contribution is 0.0110. The summed E-state index contributed by atoms with van der Waals surface area (Å²) in [5.41, 5.74) is 4.06. The molecule has 0 radical (unpaired) electrons. The first-order valence-corrected chi connectivity index (χ1v) is 8.29. The standard InChI is InChI=1S/C20H30O/c1-14(2)18-8-7-17(6)13-19(18)21-20(15(3)4)11-9-16(5)10-12-20/h7-9,13-15H,10-12H2,1-6H3. The maximum Gasteiger partial charge on any atom is 0.123 e. The Hall–Kier alpha value is -1.24. The second-order valence-electron chi connectivity index (χ2n) is 7.27. The third-order valence-corrected chi connectivity index (χ3v) is 4.90. The Morgan fingerprint density at radius 1 is 1.10 bits per heavy atom. The SMILES string of the molecule is CC1=CCC(Oc2cc(C)ccc2C(C)C)(C(C)C)CC1. The zero-order valence-electron chi connectivity index (χ0n) is 14.5. The zero-order valence-corrected chi connectivity index (χ0v) is 14.5. The molecule has 1 aliphatic rings. The van der Waals surface area contributed by atoms with E-state index in [9.17, 15) is 0 Å². The summed E-state index contributed by atoms with van der Waals surface area (Å²) in [6.07, 6.45) is 5.68. The average Bonchev–Trinajstić information content (AvgIpc) is 2.41. The van der Waals surface area contributed by atoms with Crippen LogP contribution in [0.25, 0.3) is 0 Å². The molecule has 0 spiro atoms. The summed E-state index contributed by atoms with van der Waals surface area (Å²) in [6.45, 7) is 13.4. The summed E-state index contributed by atoms with van der Waals surface area (Å²) in [5, 5.41) is 0. The predicted octanol–water partition coefficient (Wildman–Crippen LogP) is 6.02. The van der Waals surface area contributed by atoms with Crippen molar-refractivity contribution in [2.45, 2.75) is 72.3 Å². The van der Waals surface area contributed by atoms with E-state index in [4.69, 9.17) is 4.74 Å². The van der Waals surface area contributed by atoms with Gasteiger partial charge in [-0.1, -0.05) is 51.5 Å². The fourth-order valence-corrected chi connectivity index (χ4v) is 3.12. The van der Waals surface area contributed by atoms with Gasteiger partial charge in [-0.15, -0.1) is 0 Å². The van der Waals surface area contributed by atoms with Crippen molar-refractivity contribution in [1.82, 2.24) is 0 Å². The highest BCUT2D eigenvalue weighted by molar-refractivity contribution is 5.40. The van der Waals surface area contributed by atoms with Gasteiger partial charge in [0.15, 0.2) is 0 Å². The minimum absolute atomic E-state index is 0.0447. The Labute approximate surface area is 130 Å². The minimum atomic E-state index is -0.0447. The molecule has 1 atom stereocenters. The predicted molar refractivity (Wildman–Crippen MR) is 91.1 cm³/mol. The molecular formula is C20H30O. The second kappa shape index (κ2) is 6.25. The smallest absolute Gasteiger partial charge is 0.123 e. The first kappa shape index (κ1) is 16.1. The number of hydrogen-bond acceptors (Lipinski definition) is 1. The van der Waals surface area contributed by atoms with Crippen LogP contribution in [-0.2, 0) is 0 Å². The van der Waals surface area contributed by atoms with Gasteiger partial charge < -0.3 is 4.74 Å². The third kappa shape index (κ3) is 3.51. The summed E-state index contributed by atoms with van der Waals surface area (Å²) in [4.78, 5) is 0. The molecule has 0 saturated carbocycles. The molecule has 1 aromatic rings. The van der Waals surface area contributed by atoms with Crippen molar-refractivity contribution in [2.75, 3.05) is 0 Å². The van der Waals surface area contributed by atoms with E-state index >= 15 is 0 Å². The lowest BCUT2D eigenvalue weighted by atomic mass is 9.78. The molecule has 0 amide bonds. The number of hydrogen-bond donors (Lipinski definition) is 0. The highest BCUT2D eigenvalue weighted by Crippen LogP contribution is 2.40. The molecule has 21 heavy (non-hydrogen) atoms. The fourth-order valence-electron chi connectivity index (χ4n) is 3.12. The van der Waals surface area contributed by atoms with Crippen LogP contribution >= 0.6 is 0 Å². The number of rotatable bonds is 4. The molecule has 1 nitrogen and oxygen atoms in total. The monoisotopic (exact) mass is 286 g/mol. The van der Waals surface area contributed by atoms with Crippen molar-refractivity contribution in [3.05, 3.63) is 41.0 Å². The number of ether oxygens (including phenoxy) is 1. The van der Waals surface area contributed by atoms with Gasteiger partial charge in [0.2, 0.25) is 0 Å². The molecule has 0 N–H and O–H groups in total. The number of aryl methyl sites for hydroxylation is 1. The van der Waals surface area contributed by atoms with Crippen LogP contribution in [0.3, 0.4) is 0 Å². The van der Waals surface area contributed by atoms with Crippen LogP contribution in [0.5, 0.6) is 5.75 Å². The van der Waals surface area contributed by atoms with Crippen molar-refractivity contribution in [1.29, 1.82) is 0 Å². The Balaban J connectivity index is 2.36. The quantitative estimate of drug-likeness (QED) is 0.615. The topological polar surface area (TPSA) is 9.23 Å². The molecular weight excluding hydrogens is 256 g/mol. The molecule has 0 heterocycles. The van der Waals surface area contributed by atoms with E-state index in [1.807, 2.05) is 0 Å². The molecule has 0 saturated heterocycles. The van der Waals surface area contributed by atoms with E-state index in [-0.39, 0.29) is 5.60 Å².